The summed E-state index contributed by atoms with van der Waals surface area (Å²) in [5, 5.41) is 5.38. The van der Waals surface area contributed by atoms with Crippen molar-refractivity contribution in [2.75, 3.05) is 39.8 Å². The van der Waals surface area contributed by atoms with Crippen molar-refractivity contribution in [1.29, 1.82) is 0 Å². The Bertz CT molecular complexity index is 848. The van der Waals surface area contributed by atoms with Crippen LogP contribution in [-0.2, 0) is 19.1 Å². The van der Waals surface area contributed by atoms with E-state index in [0.29, 0.717) is 32.2 Å². The lowest BCUT2D eigenvalue weighted by Gasteiger charge is -2.36. The number of hydrogen-bond donors (Lipinski definition) is 2. The van der Waals surface area contributed by atoms with Crippen molar-refractivity contribution < 1.29 is 28.7 Å². The molecule has 2 saturated heterocycles. The van der Waals surface area contributed by atoms with Gasteiger partial charge in [0.15, 0.2) is 0 Å². The van der Waals surface area contributed by atoms with Gasteiger partial charge < -0.3 is 25.2 Å². The minimum atomic E-state index is -0.812. The van der Waals surface area contributed by atoms with E-state index in [-0.39, 0.29) is 49.8 Å². The van der Waals surface area contributed by atoms with Crippen molar-refractivity contribution in [3.05, 3.63) is 0 Å². The maximum Gasteiger partial charge on any atom is 0.407 e. The second-order valence-corrected chi connectivity index (χ2v) is 10.7. The number of alkyl carbamates (subject to hydrolysis) is 1. The molecule has 0 bridgehead atoms. The molecule has 3 rings (SSSR count). The number of urea groups is 1. The molecule has 196 valence electrons. The molecule has 11 nitrogen and oxygen atoms in total. The van der Waals surface area contributed by atoms with Gasteiger partial charge in [-0.05, 0) is 46.5 Å². The van der Waals surface area contributed by atoms with Gasteiger partial charge in [-0.25, -0.2) is 9.59 Å². The number of piperidine rings is 1. The van der Waals surface area contributed by atoms with E-state index in [9.17, 15) is 24.0 Å². The molecule has 35 heavy (non-hydrogen) atoms. The van der Waals surface area contributed by atoms with Gasteiger partial charge in [0.25, 0.3) is 5.91 Å². The zero-order valence-corrected chi connectivity index (χ0v) is 21.4. The van der Waals surface area contributed by atoms with Crippen LogP contribution in [-0.4, -0.2) is 95.5 Å². The number of likely N-dealkylation sites (tertiary alicyclic amines) is 1. The summed E-state index contributed by atoms with van der Waals surface area (Å²) in [5.41, 5.74) is -1.41. The van der Waals surface area contributed by atoms with Crippen molar-refractivity contribution in [2.45, 2.75) is 76.9 Å². The van der Waals surface area contributed by atoms with Crippen molar-refractivity contribution in [3.63, 3.8) is 0 Å². The SMILES string of the molecule is CN1C(=O)N(CC(=O)N2CCCC(C(=O)NCCNC(=O)OC(C)(C)C)C2)C(=O)C12CCCCC2. The van der Waals surface area contributed by atoms with E-state index < -0.39 is 23.3 Å². The third kappa shape index (κ3) is 6.24. The summed E-state index contributed by atoms with van der Waals surface area (Å²) >= 11 is 0. The maximum absolute atomic E-state index is 13.2. The number of amides is 6. The van der Waals surface area contributed by atoms with Gasteiger partial charge >= 0.3 is 12.1 Å². The molecule has 6 amide bonds. The van der Waals surface area contributed by atoms with Gasteiger partial charge in [0, 0.05) is 33.2 Å². The summed E-state index contributed by atoms with van der Waals surface area (Å²) in [6, 6.07) is -0.422. The van der Waals surface area contributed by atoms with Crippen molar-refractivity contribution >= 4 is 29.8 Å². The molecule has 0 radical (unpaired) electrons. The van der Waals surface area contributed by atoms with Gasteiger partial charge in [0.1, 0.15) is 17.7 Å². The lowest BCUT2D eigenvalue weighted by molar-refractivity contribution is -0.142. The fourth-order valence-electron chi connectivity index (χ4n) is 5.13. The highest BCUT2D eigenvalue weighted by Gasteiger charge is 2.56. The first-order valence-corrected chi connectivity index (χ1v) is 12.6. The van der Waals surface area contributed by atoms with Gasteiger partial charge in [0.2, 0.25) is 11.8 Å². The van der Waals surface area contributed by atoms with Crippen LogP contribution in [0.5, 0.6) is 0 Å². The largest absolute Gasteiger partial charge is 0.444 e. The minimum absolute atomic E-state index is 0.192. The summed E-state index contributed by atoms with van der Waals surface area (Å²) in [6.07, 6.45) is 4.84. The molecule has 2 N–H and O–H groups in total. The molecule has 2 heterocycles. The second-order valence-electron chi connectivity index (χ2n) is 10.7. The Morgan fingerprint density at radius 3 is 2.34 bits per heavy atom. The molecule has 1 aliphatic carbocycles. The molecular formula is C24H39N5O6. The Kier molecular flexibility index (Phi) is 8.27. The first kappa shape index (κ1) is 26.7. The predicted molar refractivity (Wildman–Crippen MR) is 127 cm³/mol. The highest BCUT2D eigenvalue weighted by atomic mass is 16.6. The van der Waals surface area contributed by atoms with Gasteiger partial charge in [-0.2, -0.15) is 0 Å². The molecule has 0 aromatic carbocycles. The van der Waals surface area contributed by atoms with E-state index in [1.54, 1.807) is 32.7 Å². The van der Waals surface area contributed by atoms with Crippen LogP contribution in [0.3, 0.4) is 0 Å². The normalized spacial score (nSPS) is 22.4. The van der Waals surface area contributed by atoms with Gasteiger partial charge in [-0.3, -0.25) is 19.3 Å². The Hall–Kier alpha value is -2.85. The monoisotopic (exact) mass is 493 g/mol. The summed E-state index contributed by atoms with van der Waals surface area (Å²) in [5.74, 6) is -1.17. The highest BCUT2D eigenvalue weighted by Crippen LogP contribution is 2.39. The minimum Gasteiger partial charge on any atom is -0.444 e. The summed E-state index contributed by atoms with van der Waals surface area (Å²) < 4.78 is 5.15. The van der Waals surface area contributed by atoms with E-state index in [0.717, 1.165) is 24.2 Å². The van der Waals surface area contributed by atoms with E-state index in [4.69, 9.17) is 4.74 Å². The summed E-state index contributed by atoms with van der Waals surface area (Å²) in [4.78, 5) is 67.4. The number of ether oxygens (including phenoxy) is 1. The lowest BCUT2D eigenvalue weighted by atomic mass is 9.81. The zero-order valence-electron chi connectivity index (χ0n) is 21.4. The highest BCUT2D eigenvalue weighted by molar-refractivity contribution is 6.09. The van der Waals surface area contributed by atoms with E-state index >= 15 is 0 Å². The standard InChI is InChI=1S/C24H39N5O6/c1-23(2,3)35-21(33)26-13-12-25-19(31)17-9-8-14-28(15-17)18(30)16-29-20(32)24(27(4)22(29)34)10-6-5-7-11-24/h17H,5-16H2,1-4H3,(H,25,31)(H,26,33). The smallest absolute Gasteiger partial charge is 0.407 e. The number of carbonyl (C=O) groups is 5. The first-order valence-electron chi connectivity index (χ1n) is 12.6. The van der Waals surface area contributed by atoms with Crippen molar-refractivity contribution in [2.24, 2.45) is 5.92 Å². The Labute approximate surface area is 206 Å². The molecule has 2 aliphatic heterocycles. The fourth-order valence-corrected chi connectivity index (χ4v) is 5.13. The maximum atomic E-state index is 13.2. The van der Waals surface area contributed by atoms with Crippen LogP contribution < -0.4 is 10.6 Å². The average molecular weight is 494 g/mol. The molecule has 3 fully saturated rings. The molecule has 1 unspecified atom stereocenters. The van der Waals surface area contributed by atoms with Crippen LogP contribution in [0.2, 0.25) is 0 Å². The van der Waals surface area contributed by atoms with E-state index in [1.165, 1.54) is 4.90 Å². The quantitative estimate of drug-likeness (QED) is 0.426. The number of likely N-dealkylation sites (N-methyl/N-ethyl adjacent to an activating group) is 1. The van der Waals surface area contributed by atoms with E-state index in [2.05, 4.69) is 10.6 Å². The van der Waals surface area contributed by atoms with Crippen LogP contribution in [0.1, 0.15) is 65.7 Å². The van der Waals surface area contributed by atoms with Crippen LogP contribution in [0.4, 0.5) is 9.59 Å². The molecule has 0 aromatic heterocycles. The van der Waals surface area contributed by atoms with Crippen molar-refractivity contribution in [1.82, 2.24) is 25.3 Å². The topological polar surface area (TPSA) is 128 Å². The number of carbonyl (C=O) groups excluding carboxylic acids is 5. The summed E-state index contributed by atoms with van der Waals surface area (Å²) in [6.45, 7) is 6.21. The van der Waals surface area contributed by atoms with E-state index in [1.807, 2.05) is 0 Å². The van der Waals surface area contributed by atoms with Gasteiger partial charge in [0.05, 0.1) is 5.92 Å². The lowest BCUT2D eigenvalue weighted by Crippen LogP contribution is -2.51. The van der Waals surface area contributed by atoms with Crippen LogP contribution >= 0.6 is 0 Å². The number of hydrogen-bond acceptors (Lipinski definition) is 6. The van der Waals surface area contributed by atoms with Crippen LogP contribution in [0, 0.1) is 5.92 Å². The van der Waals surface area contributed by atoms with Crippen LogP contribution in [0.15, 0.2) is 0 Å². The van der Waals surface area contributed by atoms with Crippen LogP contribution in [0.25, 0.3) is 0 Å². The molecular weight excluding hydrogens is 454 g/mol. The number of nitrogens with one attached hydrogen (secondary N) is 2. The first-order chi connectivity index (χ1) is 16.4. The molecule has 3 aliphatic rings. The molecule has 1 saturated carbocycles. The van der Waals surface area contributed by atoms with Gasteiger partial charge in [-0.1, -0.05) is 19.3 Å². The van der Waals surface area contributed by atoms with Gasteiger partial charge in [-0.15, -0.1) is 0 Å². The molecule has 1 spiro atoms. The number of rotatable bonds is 6. The molecule has 1 atom stereocenters. The predicted octanol–water partition coefficient (Wildman–Crippen LogP) is 1.46. The third-order valence-corrected chi connectivity index (χ3v) is 7.01. The fraction of sp³-hybridized carbons (Fsp3) is 0.792. The number of imide groups is 1. The summed E-state index contributed by atoms with van der Waals surface area (Å²) in [7, 11) is 1.65. The second kappa shape index (κ2) is 10.8. The number of nitrogens with zero attached hydrogens (tertiary/aromatic N) is 3. The van der Waals surface area contributed by atoms with Crippen molar-refractivity contribution in [3.8, 4) is 0 Å². The average Bonchev–Trinajstić information content (AvgIpc) is 2.97. The third-order valence-electron chi connectivity index (χ3n) is 7.01. The Morgan fingerprint density at radius 2 is 1.69 bits per heavy atom. The zero-order chi connectivity index (χ0) is 25.8. The Morgan fingerprint density at radius 1 is 1.03 bits per heavy atom. The molecule has 0 aromatic rings. The Balaban J connectivity index is 1.47. The molecule has 11 heteroatoms.